The lowest BCUT2D eigenvalue weighted by atomic mass is 9.77. The SMILES string of the molecule is CCOCCC1(CNC2CC2)CCOCC1. The molecule has 0 unspecified atom stereocenters. The lowest BCUT2D eigenvalue weighted by Gasteiger charge is -2.37. The van der Waals surface area contributed by atoms with Gasteiger partial charge in [-0.05, 0) is 44.4 Å². The van der Waals surface area contributed by atoms with E-state index in [1.165, 1.54) is 32.1 Å². The molecule has 1 aliphatic carbocycles. The van der Waals surface area contributed by atoms with Gasteiger partial charge in [-0.3, -0.25) is 0 Å². The minimum Gasteiger partial charge on any atom is -0.382 e. The predicted octanol–water partition coefficient (Wildman–Crippen LogP) is 1.96. The number of hydrogen-bond acceptors (Lipinski definition) is 3. The molecule has 3 nitrogen and oxygen atoms in total. The predicted molar refractivity (Wildman–Crippen MR) is 64.6 cm³/mol. The summed E-state index contributed by atoms with van der Waals surface area (Å²) < 4.78 is 11.0. The van der Waals surface area contributed by atoms with Crippen molar-refractivity contribution in [1.82, 2.24) is 5.32 Å². The Balaban J connectivity index is 1.77. The van der Waals surface area contributed by atoms with Gasteiger partial charge in [0.15, 0.2) is 0 Å². The highest BCUT2D eigenvalue weighted by atomic mass is 16.5. The lowest BCUT2D eigenvalue weighted by molar-refractivity contribution is -0.00522. The van der Waals surface area contributed by atoms with Crippen LogP contribution in [0.3, 0.4) is 0 Å². The maximum absolute atomic E-state index is 5.52. The van der Waals surface area contributed by atoms with E-state index in [0.717, 1.165) is 39.0 Å². The third-order valence-corrected chi connectivity index (χ3v) is 3.88. The first-order valence-electron chi connectivity index (χ1n) is 6.73. The Hall–Kier alpha value is -0.120. The Morgan fingerprint density at radius 3 is 2.69 bits per heavy atom. The molecule has 0 radical (unpaired) electrons. The topological polar surface area (TPSA) is 30.5 Å². The van der Waals surface area contributed by atoms with Crippen molar-refractivity contribution in [3.8, 4) is 0 Å². The van der Waals surface area contributed by atoms with E-state index in [4.69, 9.17) is 9.47 Å². The summed E-state index contributed by atoms with van der Waals surface area (Å²) in [5, 5.41) is 3.68. The van der Waals surface area contributed by atoms with Gasteiger partial charge in [0.25, 0.3) is 0 Å². The molecule has 2 fully saturated rings. The molecule has 2 aliphatic rings. The quantitative estimate of drug-likeness (QED) is 0.674. The standard InChI is InChI=1S/C13H25NO2/c1-2-15-8-5-13(6-9-16-10-7-13)11-14-12-3-4-12/h12,14H,2-11H2,1H3. The molecule has 0 atom stereocenters. The molecule has 3 heteroatoms. The Bertz CT molecular complexity index is 198. The van der Waals surface area contributed by atoms with Gasteiger partial charge < -0.3 is 14.8 Å². The summed E-state index contributed by atoms with van der Waals surface area (Å²) >= 11 is 0. The first-order valence-corrected chi connectivity index (χ1v) is 6.73. The number of hydrogen-bond donors (Lipinski definition) is 1. The van der Waals surface area contributed by atoms with Gasteiger partial charge in [-0.1, -0.05) is 0 Å². The van der Waals surface area contributed by atoms with Gasteiger partial charge in [-0.2, -0.15) is 0 Å². The largest absolute Gasteiger partial charge is 0.382 e. The van der Waals surface area contributed by atoms with Crippen molar-refractivity contribution in [2.45, 2.75) is 45.1 Å². The zero-order valence-corrected chi connectivity index (χ0v) is 10.5. The molecular formula is C13H25NO2. The van der Waals surface area contributed by atoms with E-state index in [1.54, 1.807) is 0 Å². The molecule has 0 aromatic carbocycles. The normalized spacial score (nSPS) is 24.6. The molecule has 0 bridgehead atoms. The minimum absolute atomic E-state index is 0.440. The van der Waals surface area contributed by atoms with Crippen molar-refractivity contribution < 1.29 is 9.47 Å². The van der Waals surface area contributed by atoms with Gasteiger partial charge in [0.1, 0.15) is 0 Å². The zero-order valence-electron chi connectivity index (χ0n) is 10.5. The molecule has 0 spiro atoms. The van der Waals surface area contributed by atoms with Crippen LogP contribution in [0.2, 0.25) is 0 Å². The minimum atomic E-state index is 0.440. The number of nitrogens with one attached hydrogen (secondary N) is 1. The molecule has 1 heterocycles. The van der Waals surface area contributed by atoms with E-state index in [2.05, 4.69) is 12.2 Å². The summed E-state index contributed by atoms with van der Waals surface area (Å²) in [6, 6.07) is 0.812. The average Bonchev–Trinajstić information content (AvgIpc) is 3.12. The molecule has 0 aromatic heterocycles. The Labute approximate surface area is 98.9 Å². The van der Waals surface area contributed by atoms with Gasteiger partial charge in [-0.15, -0.1) is 0 Å². The maximum atomic E-state index is 5.52. The molecule has 1 N–H and O–H groups in total. The van der Waals surface area contributed by atoms with Crippen molar-refractivity contribution >= 4 is 0 Å². The highest BCUT2D eigenvalue weighted by Crippen LogP contribution is 2.34. The smallest absolute Gasteiger partial charge is 0.0471 e. The fourth-order valence-electron chi connectivity index (χ4n) is 2.40. The van der Waals surface area contributed by atoms with Crippen LogP contribution in [0.15, 0.2) is 0 Å². The van der Waals surface area contributed by atoms with Gasteiger partial charge in [-0.25, -0.2) is 0 Å². The monoisotopic (exact) mass is 227 g/mol. The summed E-state index contributed by atoms with van der Waals surface area (Å²) in [7, 11) is 0. The Kier molecular flexibility index (Phi) is 4.62. The molecule has 0 aromatic rings. The van der Waals surface area contributed by atoms with Crippen LogP contribution in [0.5, 0.6) is 0 Å². The first kappa shape index (κ1) is 12.3. The summed E-state index contributed by atoms with van der Waals surface area (Å²) in [5.74, 6) is 0. The van der Waals surface area contributed by atoms with E-state index < -0.39 is 0 Å². The zero-order chi connectivity index (χ0) is 11.3. The second-order valence-electron chi connectivity index (χ2n) is 5.21. The highest BCUT2D eigenvalue weighted by molar-refractivity contribution is 4.89. The van der Waals surface area contributed by atoms with Crippen molar-refractivity contribution in [2.75, 3.05) is 33.0 Å². The molecule has 1 saturated heterocycles. The summed E-state index contributed by atoms with van der Waals surface area (Å²) in [6.45, 7) is 6.83. The fraction of sp³-hybridized carbons (Fsp3) is 1.00. The summed E-state index contributed by atoms with van der Waals surface area (Å²) in [6.07, 6.45) is 6.32. The van der Waals surface area contributed by atoms with Gasteiger partial charge in [0.05, 0.1) is 0 Å². The Morgan fingerprint density at radius 1 is 1.31 bits per heavy atom. The van der Waals surface area contributed by atoms with Crippen molar-refractivity contribution in [1.29, 1.82) is 0 Å². The fourth-order valence-corrected chi connectivity index (χ4v) is 2.40. The molecule has 94 valence electrons. The molecule has 0 amide bonds. The number of ether oxygens (including phenoxy) is 2. The van der Waals surface area contributed by atoms with Gasteiger partial charge >= 0.3 is 0 Å². The molecule has 1 saturated carbocycles. The van der Waals surface area contributed by atoms with Gasteiger partial charge in [0, 0.05) is 39.0 Å². The third kappa shape index (κ3) is 3.72. The van der Waals surface area contributed by atoms with Crippen LogP contribution in [0.25, 0.3) is 0 Å². The second-order valence-corrected chi connectivity index (χ2v) is 5.21. The van der Waals surface area contributed by atoms with E-state index >= 15 is 0 Å². The van der Waals surface area contributed by atoms with Crippen molar-refractivity contribution in [3.05, 3.63) is 0 Å². The van der Waals surface area contributed by atoms with Crippen LogP contribution < -0.4 is 5.32 Å². The van der Waals surface area contributed by atoms with Crippen LogP contribution in [0.4, 0.5) is 0 Å². The van der Waals surface area contributed by atoms with E-state index in [0.29, 0.717) is 5.41 Å². The second kappa shape index (κ2) is 5.99. The van der Waals surface area contributed by atoms with Crippen LogP contribution in [-0.2, 0) is 9.47 Å². The van der Waals surface area contributed by atoms with E-state index in [-0.39, 0.29) is 0 Å². The van der Waals surface area contributed by atoms with Crippen LogP contribution >= 0.6 is 0 Å². The molecular weight excluding hydrogens is 202 g/mol. The van der Waals surface area contributed by atoms with Crippen LogP contribution in [-0.4, -0.2) is 39.0 Å². The molecule has 16 heavy (non-hydrogen) atoms. The molecule has 2 rings (SSSR count). The third-order valence-electron chi connectivity index (χ3n) is 3.88. The van der Waals surface area contributed by atoms with Crippen molar-refractivity contribution in [2.24, 2.45) is 5.41 Å². The lowest BCUT2D eigenvalue weighted by Crippen LogP contribution is -2.40. The van der Waals surface area contributed by atoms with Crippen molar-refractivity contribution in [3.63, 3.8) is 0 Å². The van der Waals surface area contributed by atoms with E-state index in [1.807, 2.05) is 0 Å². The average molecular weight is 227 g/mol. The summed E-state index contributed by atoms with van der Waals surface area (Å²) in [4.78, 5) is 0. The van der Waals surface area contributed by atoms with Crippen LogP contribution in [0, 0.1) is 5.41 Å². The van der Waals surface area contributed by atoms with E-state index in [9.17, 15) is 0 Å². The van der Waals surface area contributed by atoms with Crippen LogP contribution in [0.1, 0.15) is 39.0 Å². The number of rotatable bonds is 7. The highest BCUT2D eigenvalue weighted by Gasteiger charge is 2.34. The maximum Gasteiger partial charge on any atom is 0.0471 e. The molecule has 1 aliphatic heterocycles. The Morgan fingerprint density at radius 2 is 2.06 bits per heavy atom. The first-order chi connectivity index (χ1) is 7.85. The summed E-state index contributed by atoms with van der Waals surface area (Å²) in [5.41, 5.74) is 0.440. The van der Waals surface area contributed by atoms with Gasteiger partial charge in [0.2, 0.25) is 0 Å².